The Bertz CT molecular complexity index is 363. The van der Waals surface area contributed by atoms with E-state index >= 15 is 0 Å². The molecule has 1 aliphatic heterocycles. The van der Waals surface area contributed by atoms with Crippen molar-refractivity contribution in [2.75, 3.05) is 33.0 Å². The summed E-state index contributed by atoms with van der Waals surface area (Å²) in [6.45, 7) is 2.98. The summed E-state index contributed by atoms with van der Waals surface area (Å²) in [5, 5.41) is 10.5. The predicted molar refractivity (Wildman–Crippen MR) is 61.7 cm³/mol. The lowest BCUT2D eigenvalue weighted by atomic mass is 10.2. The zero-order chi connectivity index (χ0) is 12.1. The maximum Gasteiger partial charge on any atom is 0.278 e. The molecule has 1 heterocycles. The molecule has 5 heteroatoms. The third-order valence-corrected chi connectivity index (χ3v) is 2.69. The Morgan fingerprint density at radius 2 is 1.94 bits per heavy atom. The highest BCUT2D eigenvalue weighted by Crippen LogP contribution is 2.05. The zero-order valence-electron chi connectivity index (χ0n) is 9.58. The number of hydrogen-bond donors (Lipinski definition) is 1. The van der Waals surface area contributed by atoms with E-state index in [4.69, 9.17) is 4.74 Å². The molecule has 0 radical (unpaired) electrons. The summed E-state index contributed by atoms with van der Waals surface area (Å²) in [7, 11) is 0. The Balaban J connectivity index is 1.91. The molecule has 1 fully saturated rings. The van der Waals surface area contributed by atoms with Gasteiger partial charge >= 0.3 is 0 Å². The Hall–Kier alpha value is -1.43. The number of rotatable bonds is 3. The van der Waals surface area contributed by atoms with Crippen molar-refractivity contribution < 1.29 is 14.7 Å². The monoisotopic (exact) mass is 236 g/mol. The van der Waals surface area contributed by atoms with Crippen LogP contribution in [0.3, 0.4) is 0 Å². The van der Waals surface area contributed by atoms with Gasteiger partial charge in [-0.2, -0.15) is 0 Å². The maximum atomic E-state index is 11.8. The van der Waals surface area contributed by atoms with Crippen molar-refractivity contribution in [1.29, 1.82) is 0 Å². The second kappa shape index (κ2) is 5.77. The predicted octanol–water partition coefficient (Wildman–Crippen LogP) is 0.808. The maximum absolute atomic E-state index is 11.8. The Morgan fingerprint density at radius 3 is 2.59 bits per heavy atom. The Morgan fingerprint density at radius 1 is 1.29 bits per heavy atom. The van der Waals surface area contributed by atoms with E-state index in [1.807, 2.05) is 11.0 Å². The van der Waals surface area contributed by atoms with Crippen LogP contribution >= 0.6 is 0 Å². The molecule has 0 unspecified atom stereocenters. The summed E-state index contributed by atoms with van der Waals surface area (Å²) in [5.74, 6) is -0.378. The van der Waals surface area contributed by atoms with E-state index in [-0.39, 0.29) is 12.6 Å². The first-order chi connectivity index (χ1) is 8.27. The van der Waals surface area contributed by atoms with Crippen molar-refractivity contribution >= 4 is 5.91 Å². The van der Waals surface area contributed by atoms with E-state index in [0.717, 1.165) is 18.2 Å². The normalized spacial score (nSPS) is 16.8. The second-order valence-electron chi connectivity index (χ2n) is 3.94. The summed E-state index contributed by atoms with van der Waals surface area (Å²) in [6.07, 6.45) is 0. The molecule has 0 bridgehead atoms. The second-order valence-corrected chi connectivity index (χ2v) is 3.94. The highest BCUT2D eigenvalue weighted by Gasteiger charge is 2.18. The molecule has 0 aliphatic carbocycles. The van der Waals surface area contributed by atoms with Gasteiger partial charge < -0.3 is 4.74 Å². The molecule has 1 aliphatic rings. The highest BCUT2D eigenvalue weighted by atomic mass is 16.5. The fourth-order valence-corrected chi connectivity index (χ4v) is 1.73. The molecule has 2 rings (SSSR count). The van der Waals surface area contributed by atoms with Crippen molar-refractivity contribution in [2.24, 2.45) is 0 Å². The fourth-order valence-electron chi connectivity index (χ4n) is 1.73. The minimum atomic E-state index is -0.378. The van der Waals surface area contributed by atoms with E-state index in [0.29, 0.717) is 18.8 Å². The van der Waals surface area contributed by atoms with Crippen molar-refractivity contribution in [3.05, 3.63) is 35.9 Å². The topological polar surface area (TPSA) is 53.0 Å². The van der Waals surface area contributed by atoms with Gasteiger partial charge in [-0.25, -0.2) is 5.06 Å². The molecule has 1 amide bonds. The summed E-state index contributed by atoms with van der Waals surface area (Å²) in [4.78, 5) is 13.8. The third kappa shape index (κ3) is 3.26. The molecular formula is C12H16N2O3. The van der Waals surface area contributed by atoms with Gasteiger partial charge in [-0.15, -0.1) is 0 Å². The summed E-state index contributed by atoms with van der Waals surface area (Å²) < 4.78 is 5.20. The molecule has 17 heavy (non-hydrogen) atoms. The molecule has 5 nitrogen and oxygen atoms in total. The molecule has 1 aromatic carbocycles. The van der Waals surface area contributed by atoms with Gasteiger partial charge in [-0.1, -0.05) is 18.2 Å². The van der Waals surface area contributed by atoms with E-state index in [1.54, 1.807) is 24.3 Å². The van der Waals surface area contributed by atoms with Crippen LogP contribution in [0.1, 0.15) is 10.4 Å². The van der Waals surface area contributed by atoms with Gasteiger partial charge in [0.1, 0.15) is 6.67 Å². The molecule has 92 valence electrons. The van der Waals surface area contributed by atoms with Crippen molar-refractivity contribution in [3.8, 4) is 0 Å². The first-order valence-electron chi connectivity index (χ1n) is 5.63. The minimum Gasteiger partial charge on any atom is -0.379 e. The minimum absolute atomic E-state index is 0.219. The fraction of sp³-hybridized carbons (Fsp3) is 0.417. The number of hydroxylamine groups is 2. The first kappa shape index (κ1) is 12.0. The van der Waals surface area contributed by atoms with E-state index < -0.39 is 0 Å². The largest absolute Gasteiger partial charge is 0.379 e. The van der Waals surface area contributed by atoms with Crippen molar-refractivity contribution in [3.63, 3.8) is 0 Å². The van der Waals surface area contributed by atoms with Gasteiger partial charge in [0, 0.05) is 18.7 Å². The Kier molecular flexibility index (Phi) is 4.08. The van der Waals surface area contributed by atoms with E-state index in [1.165, 1.54) is 0 Å². The molecule has 0 saturated carbocycles. The van der Waals surface area contributed by atoms with Gasteiger partial charge in [0.25, 0.3) is 5.91 Å². The van der Waals surface area contributed by atoms with Gasteiger partial charge in [0.05, 0.1) is 13.2 Å². The van der Waals surface area contributed by atoms with Crippen molar-refractivity contribution in [1.82, 2.24) is 9.96 Å². The van der Waals surface area contributed by atoms with Crippen LogP contribution in [0.5, 0.6) is 0 Å². The van der Waals surface area contributed by atoms with Crippen LogP contribution < -0.4 is 0 Å². The number of morpholine rings is 1. The van der Waals surface area contributed by atoms with E-state index in [2.05, 4.69) is 0 Å². The van der Waals surface area contributed by atoms with Crippen LogP contribution in [0.4, 0.5) is 0 Å². The van der Waals surface area contributed by atoms with E-state index in [9.17, 15) is 10.0 Å². The third-order valence-electron chi connectivity index (χ3n) is 2.69. The lowest BCUT2D eigenvalue weighted by molar-refractivity contribution is -0.103. The number of carbonyl (C=O) groups is 1. The van der Waals surface area contributed by atoms with Gasteiger partial charge in [-0.05, 0) is 12.1 Å². The first-order valence-corrected chi connectivity index (χ1v) is 5.63. The average Bonchev–Trinajstić information content (AvgIpc) is 2.40. The Labute approximate surface area is 100 Å². The average molecular weight is 236 g/mol. The van der Waals surface area contributed by atoms with Crippen LogP contribution in [0.15, 0.2) is 30.3 Å². The van der Waals surface area contributed by atoms with Gasteiger partial charge in [-0.3, -0.25) is 14.9 Å². The van der Waals surface area contributed by atoms with Crippen LogP contribution in [0.25, 0.3) is 0 Å². The van der Waals surface area contributed by atoms with Crippen LogP contribution in [-0.2, 0) is 4.74 Å². The number of hydrogen-bond acceptors (Lipinski definition) is 4. The quantitative estimate of drug-likeness (QED) is 0.623. The van der Waals surface area contributed by atoms with Crippen molar-refractivity contribution in [2.45, 2.75) is 0 Å². The standard InChI is InChI=1S/C12H16N2O3/c15-12(11-4-2-1-3-5-11)14(16)10-13-6-8-17-9-7-13/h1-5,16H,6-10H2. The zero-order valence-corrected chi connectivity index (χ0v) is 9.58. The molecule has 0 aromatic heterocycles. The number of ether oxygens (including phenoxy) is 1. The highest BCUT2D eigenvalue weighted by molar-refractivity contribution is 5.93. The number of carbonyl (C=O) groups excluding carboxylic acids is 1. The van der Waals surface area contributed by atoms with Crippen LogP contribution in [-0.4, -0.2) is 54.0 Å². The lowest BCUT2D eigenvalue weighted by Gasteiger charge is -2.29. The smallest absolute Gasteiger partial charge is 0.278 e. The van der Waals surface area contributed by atoms with Crippen LogP contribution in [0, 0.1) is 0 Å². The lowest BCUT2D eigenvalue weighted by Crippen LogP contribution is -2.44. The summed E-state index contributed by atoms with van der Waals surface area (Å²) >= 11 is 0. The molecule has 0 spiro atoms. The van der Waals surface area contributed by atoms with Gasteiger partial charge in [0.15, 0.2) is 0 Å². The number of benzene rings is 1. The van der Waals surface area contributed by atoms with Crippen LogP contribution in [0.2, 0.25) is 0 Å². The molecule has 0 atom stereocenters. The molecule has 1 N–H and O–H groups in total. The molecule has 1 aromatic rings. The SMILES string of the molecule is O=C(c1ccccc1)N(O)CN1CCOCC1. The molecule has 1 saturated heterocycles. The summed E-state index contributed by atoms with van der Waals surface area (Å²) in [5.41, 5.74) is 0.489. The number of nitrogens with zero attached hydrogens (tertiary/aromatic N) is 2. The van der Waals surface area contributed by atoms with Gasteiger partial charge in [0.2, 0.25) is 0 Å². The molecular weight excluding hydrogens is 220 g/mol. The summed E-state index contributed by atoms with van der Waals surface area (Å²) in [6, 6.07) is 8.75. The number of amides is 1.